The second-order valence-electron chi connectivity index (χ2n) is 6.62. The van der Waals surface area contributed by atoms with Gasteiger partial charge in [-0.05, 0) is 12.1 Å². The maximum atomic E-state index is 5.74. The number of nitrogens with zero attached hydrogens (tertiary/aromatic N) is 3. The largest absolute Gasteiger partial charge is 0.496 e. The molecule has 146 valence electrons. The molecule has 0 bridgehead atoms. The Labute approximate surface area is 164 Å². The van der Waals surface area contributed by atoms with E-state index in [4.69, 9.17) is 14.2 Å². The fourth-order valence-electron chi connectivity index (χ4n) is 3.83. The third-order valence-corrected chi connectivity index (χ3v) is 5.12. The number of aromatic nitrogens is 2. The van der Waals surface area contributed by atoms with Crippen molar-refractivity contribution in [2.45, 2.75) is 6.04 Å². The van der Waals surface area contributed by atoms with E-state index < -0.39 is 0 Å². The molecule has 0 spiro atoms. The van der Waals surface area contributed by atoms with Crippen LogP contribution in [0.1, 0.15) is 11.6 Å². The van der Waals surface area contributed by atoms with Crippen LogP contribution in [-0.2, 0) is 0 Å². The molecule has 7 heteroatoms. The molecule has 7 nitrogen and oxygen atoms in total. The molecule has 1 atom stereocenters. The van der Waals surface area contributed by atoms with Gasteiger partial charge >= 0.3 is 0 Å². The Morgan fingerprint density at radius 3 is 2.68 bits per heavy atom. The van der Waals surface area contributed by atoms with Crippen LogP contribution in [0.2, 0.25) is 0 Å². The first kappa shape index (κ1) is 18.3. The lowest BCUT2D eigenvalue weighted by Crippen LogP contribution is -2.46. The van der Waals surface area contributed by atoms with Gasteiger partial charge in [-0.15, -0.1) is 0 Å². The number of piperazine rings is 1. The molecule has 1 N–H and O–H groups in total. The van der Waals surface area contributed by atoms with Gasteiger partial charge in [0.25, 0.3) is 0 Å². The summed E-state index contributed by atoms with van der Waals surface area (Å²) in [6, 6.07) is 10.1. The molecule has 2 aromatic carbocycles. The van der Waals surface area contributed by atoms with Gasteiger partial charge in [-0.3, -0.25) is 0 Å². The van der Waals surface area contributed by atoms with Gasteiger partial charge in [0.1, 0.15) is 23.3 Å². The summed E-state index contributed by atoms with van der Waals surface area (Å²) in [5.74, 6) is 2.24. The van der Waals surface area contributed by atoms with Crippen molar-refractivity contribution < 1.29 is 14.2 Å². The lowest BCUT2D eigenvalue weighted by Gasteiger charge is -2.37. The van der Waals surface area contributed by atoms with Crippen LogP contribution in [0.15, 0.2) is 42.9 Å². The molecule has 1 saturated heterocycles. The summed E-state index contributed by atoms with van der Waals surface area (Å²) in [5.41, 5.74) is 2.92. The Kier molecular flexibility index (Phi) is 5.16. The van der Waals surface area contributed by atoms with Gasteiger partial charge in [0, 0.05) is 36.8 Å². The second-order valence-corrected chi connectivity index (χ2v) is 6.62. The molecule has 3 aromatic rings. The minimum absolute atomic E-state index is 0.123. The molecule has 4 rings (SSSR count). The summed E-state index contributed by atoms with van der Waals surface area (Å²) in [4.78, 5) is 11.0. The zero-order valence-corrected chi connectivity index (χ0v) is 16.3. The third kappa shape index (κ3) is 3.18. The van der Waals surface area contributed by atoms with Gasteiger partial charge in [-0.2, -0.15) is 0 Å². The monoisotopic (exact) mass is 380 g/mol. The van der Waals surface area contributed by atoms with Gasteiger partial charge in [-0.1, -0.05) is 18.2 Å². The molecule has 1 fully saturated rings. The van der Waals surface area contributed by atoms with E-state index in [9.17, 15) is 0 Å². The summed E-state index contributed by atoms with van der Waals surface area (Å²) < 4.78 is 16.9. The van der Waals surface area contributed by atoms with Crippen LogP contribution in [0.4, 0.5) is 5.69 Å². The van der Waals surface area contributed by atoms with E-state index in [0.717, 1.165) is 47.5 Å². The summed E-state index contributed by atoms with van der Waals surface area (Å²) in [7, 11) is 5.01. The lowest BCUT2D eigenvalue weighted by molar-refractivity contribution is 0.353. The Morgan fingerprint density at radius 2 is 1.89 bits per heavy atom. The fraction of sp³-hybridized carbons (Fsp3) is 0.333. The molecule has 0 aliphatic carbocycles. The summed E-state index contributed by atoms with van der Waals surface area (Å²) in [6.07, 6.45) is 3.37. The molecule has 0 amide bonds. The highest BCUT2D eigenvalue weighted by molar-refractivity contribution is 5.96. The first-order valence-corrected chi connectivity index (χ1v) is 9.22. The maximum Gasteiger partial charge on any atom is 0.186 e. The van der Waals surface area contributed by atoms with E-state index in [2.05, 4.69) is 26.3 Å². The quantitative estimate of drug-likeness (QED) is 0.730. The first-order chi connectivity index (χ1) is 13.8. The lowest BCUT2D eigenvalue weighted by atomic mass is 10.0. The Hall–Kier alpha value is -3.06. The number of fused-ring (bicyclic) bond motifs is 1. The SMILES string of the molecule is COc1ccccc1C1CN(c2c(OC)c(OC)cc3cncnc23)CCN1. The van der Waals surface area contributed by atoms with E-state index in [1.807, 2.05) is 24.3 Å². The molecule has 28 heavy (non-hydrogen) atoms. The van der Waals surface area contributed by atoms with Crippen molar-refractivity contribution in [1.29, 1.82) is 0 Å². The average molecular weight is 380 g/mol. The number of para-hydroxylation sites is 1. The average Bonchev–Trinajstić information content (AvgIpc) is 2.77. The van der Waals surface area contributed by atoms with Crippen molar-refractivity contribution in [3.05, 3.63) is 48.4 Å². The van der Waals surface area contributed by atoms with Crippen LogP contribution in [0.25, 0.3) is 10.9 Å². The highest BCUT2D eigenvalue weighted by Crippen LogP contribution is 2.43. The van der Waals surface area contributed by atoms with Gasteiger partial charge in [0.2, 0.25) is 0 Å². The van der Waals surface area contributed by atoms with Gasteiger partial charge in [-0.25, -0.2) is 9.97 Å². The molecule has 0 radical (unpaired) electrons. The van der Waals surface area contributed by atoms with Crippen LogP contribution in [0.5, 0.6) is 17.2 Å². The number of hydrogen-bond donors (Lipinski definition) is 1. The molecular weight excluding hydrogens is 356 g/mol. The van der Waals surface area contributed by atoms with E-state index in [1.54, 1.807) is 33.9 Å². The number of benzene rings is 2. The van der Waals surface area contributed by atoms with Crippen LogP contribution in [-0.4, -0.2) is 50.9 Å². The highest BCUT2D eigenvalue weighted by atomic mass is 16.5. The maximum absolute atomic E-state index is 5.74. The highest BCUT2D eigenvalue weighted by Gasteiger charge is 2.28. The van der Waals surface area contributed by atoms with Gasteiger partial charge < -0.3 is 24.4 Å². The molecule has 0 saturated carbocycles. The van der Waals surface area contributed by atoms with E-state index in [1.165, 1.54) is 0 Å². The van der Waals surface area contributed by atoms with Crippen LogP contribution < -0.4 is 24.4 Å². The van der Waals surface area contributed by atoms with Crippen molar-refractivity contribution in [3.8, 4) is 17.2 Å². The summed E-state index contributed by atoms with van der Waals surface area (Å²) >= 11 is 0. The summed E-state index contributed by atoms with van der Waals surface area (Å²) in [6.45, 7) is 2.41. The smallest absolute Gasteiger partial charge is 0.186 e. The van der Waals surface area contributed by atoms with Crippen molar-refractivity contribution in [2.24, 2.45) is 0 Å². The van der Waals surface area contributed by atoms with Crippen molar-refractivity contribution >= 4 is 16.6 Å². The summed E-state index contributed by atoms with van der Waals surface area (Å²) in [5, 5.41) is 4.52. The minimum atomic E-state index is 0.123. The molecular formula is C21H24N4O3. The standard InChI is InChI=1S/C21H24N4O3/c1-26-17-7-5-4-6-15(17)16-12-25(9-8-23-16)20-19-14(11-22-13-24-19)10-18(27-2)21(20)28-3/h4-7,10-11,13,16,23H,8-9,12H2,1-3H3. The third-order valence-electron chi connectivity index (χ3n) is 5.12. The van der Waals surface area contributed by atoms with E-state index in [0.29, 0.717) is 11.5 Å². The normalized spacial score (nSPS) is 16.8. The van der Waals surface area contributed by atoms with E-state index in [-0.39, 0.29) is 6.04 Å². The number of ether oxygens (including phenoxy) is 3. The van der Waals surface area contributed by atoms with E-state index >= 15 is 0 Å². The molecule has 1 aliphatic rings. The zero-order chi connectivity index (χ0) is 19.5. The Morgan fingerprint density at radius 1 is 1.07 bits per heavy atom. The van der Waals surface area contributed by atoms with Crippen LogP contribution in [0.3, 0.4) is 0 Å². The molecule has 2 heterocycles. The predicted octanol–water partition coefficient (Wildman–Crippen LogP) is 2.81. The first-order valence-electron chi connectivity index (χ1n) is 9.22. The predicted molar refractivity (Wildman–Crippen MR) is 109 cm³/mol. The van der Waals surface area contributed by atoms with Gasteiger partial charge in [0.05, 0.1) is 27.4 Å². The van der Waals surface area contributed by atoms with Crippen molar-refractivity contribution in [1.82, 2.24) is 15.3 Å². The topological polar surface area (TPSA) is 68.7 Å². The minimum Gasteiger partial charge on any atom is -0.496 e. The number of anilines is 1. The Balaban J connectivity index is 1.79. The van der Waals surface area contributed by atoms with Gasteiger partial charge in [0.15, 0.2) is 11.5 Å². The Bertz CT molecular complexity index is 979. The second kappa shape index (κ2) is 7.90. The molecule has 1 aliphatic heterocycles. The van der Waals surface area contributed by atoms with Crippen molar-refractivity contribution in [2.75, 3.05) is 45.9 Å². The molecule has 1 unspecified atom stereocenters. The number of rotatable bonds is 5. The van der Waals surface area contributed by atoms with Crippen molar-refractivity contribution in [3.63, 3.8) is 0 Å². The number of methoxy groups -OCH3 is 3. The van der Waals surface area contributed by atoms with Crippen LogP contribution >= 0.6 is 0 Å². The number of nitrogens with one attached hydrogen (secondary N) is 1. The zero-order valence-electron chi connectivity index (χ0n) is 16.3. The van der Waals surface area contributed by atoms with Crippen LogP contribution in [0, 0.1) is 0 Å². The number of hydrogen-bond acceptors (Lipinski definition) is 7. The molecule has 1 aromatic heterocycles. The fourth-order valence-corrected chi connectivity index (χ4v) is 3.83.